The van der Waals surface area contributed by atoms with Crippen LogP contribution in [0.2, 0.25) is 0 Å². The van der Waals surface area contributed by atoms with Crippen LogP contribution in [0.15, 0.2) is 29.3 Å². The average molecular weight is 303 g/mol. The third-order valence-corrected chi connectivity index (χ3v) is 4.38. The Balaban J connectivity index is 1.67. The summed E-state index contributed by atoms with van der Waals surface area (Å²) in [7, 11) is 0. The molecule has 0 aromatic heterocycles. The number of ether oxygens (including phenoxy) is 1. The minimum Gasteiger partial charge on any atom is -0.466 e. The highest BCUT2D eigenvalue weighted by Gasteiger charge is 2.35. The van der Waals surface area contributed by atoms with E-state index in [0.29, 0.717) is 6.61 Å². The fraction of sp³-hybridized carbons (Fsp3) is 0.562. The number of amides is 2. The zero-order valence-corrected chi connectivity index (χ0v) is 12.7. The molecule has 0 spiro atoms. The number of carbonyl (C=O) groups excluding carboxylic acids is 2. The normalized spacial score (nSPS) is 28.0. The number of hydrogen-bond acceptors (Lipinski definition) is 4. The van der Waals surface area contributed by atoms with Crippen molar-refractivity contribution in [2.75, 3.05) is 19.7 Å². The Morgan fingerprint density at radius 3 is 2.82 bits per heavy atom. The summed E-state index contributed by atoms with van der Waals surface area (Å²) in [5.41, 5.74) is 0. The van der Waals surface area contributed by atoms with Crippen molar-refractivity contribution in [2.24, 2.45) is 16.8 Å². The van der Waals surface area contributed by atoms with Crippen molar-refractivity contribution >= 4 is 17.8 Å². The molecule has 2 aliphatic heterocycles. The second-order valence-corrected chi connectivity index (χ2v) is 5.75. The third-order valence-electron chi connectivity index (χ3n) is 4.38. The molecule has 3 rings (SSSR count). The molecule has 6 nitrogen and oxygen atoms in total. The van der Waals surface area contributed by atoms with Crippen molar-refractivity contribution in [2.45, 2.75) is 25.8 Å². The highest BCUT2D eigenvalue weighted by atomic mass is 16.5. The van der Waals surface area contributed by atoms with Gasteiger partial charge in [0.05, 0.1) is 24.5 Å². The zero-order valence-electron chi connectivity index (χ0n) is 12.7. The summed E-state index contributed by atoms with van der Waals surface area (Å²) in [5, 5.41) is 2.87. The van der Waals surface area contributed by atoms with Crippen molar-refractivity contribution in [3.8, 4) is 0 Å². The van der Waals surface area contributed by atoms with E-state index in [2.05, 4.69) is 21.3 Å². The summed E-state index contributed by atoms with van der Waals surface area (Å²) in [6.07, 6.45) is 9.48. The standard InChI is InChI=1S/C16H21N3O3/c1-2-22-15(20)11-7-9-19(10-8-11)14-12-5-3-4-6-13(12)17-16(21)18-14/h3-6,11-13H,2,7-10H2,1H3,(H,17,21). The van der Waals surface area contributed by atoms with Crippen LogP contribution in [-0.2, 0) is 9.53 Å². The number of carbonyl (C=O) groups is 2. The van der Waals surface area contributed by atoms with Gasteiger partial charge in [-0.3, -0.25) is 4.79 Å². The van der Waals surface area contributed by atoms with E-state index in [0.717, 1.165) is 31.8 Å². The van der Waals surface area contributed by atoms with Crippen LogP contribution >= 0.6 is 0 Å². The van der Waals surface area contributed by atoms with Crippen LogP contribution in [0.4, 0.5) is 4.79 Å². The summed E-state index contributed by atoms with van der Waals surface area (Å²) in [6, 6.07) is -0.309. The predicted molar refractivity (Wildman–Crippen MR) is 82.5 cm³/mol. The molecule has 0 aromatic rings. The Morgan fingerprint density at radius 2 is 2.09 bits per heavy atom. The number of urea groups is 1. The van der Waals surface area contributed by atoms with E-state index in [1.165, 1.54) is 0 Å². The lowest BCUT2D eigenvalue weighted by Gasteiger charge is -2.39. The number of esters is 1. The lowest BCUT2D eigenvalue weighted by molar-refractivity contribution is -0.149. The highest BCUT2D eigenvalue weighted by molar-refractivity contribution is 5.99. The molecule has 3 aliphatic rings. The van der Waals surface area contributed by atoms with Gasteiger partial charge in [-0.15, -0.1) is 0 Å². The van der Waals surface area contributed by atoms with Gasteiger partial charge >= 0.3 is 12.0 Å². The average Bonchev–Trinajstić information content (AvgIpc) is 2.54. The molecule has 0 saturated carbocycles. The number of hydrogen-bond donors (Lipinski definition) is 1. The summed E-state index contributed by atoms with van der Waals surface area (Å²) in [4.78, 5) is 29.9. The molecule has 1 saturated heterocycles. The highest BCUT2D eigenvalue weighted by Crippen LogP contribution is 2.25. The van der Waals surface area contributed by atoms with Gasteiger partial charge in [-0.2, -0.15) is 4.99 Å². The van der Waals surface area contributed by atoms with Crippen LogP contribution in [0, 0.1) is 11.8 Å². The lowest BCUT2D eigenvalue weighted by Crippen LogP contribution is -2.53. The van der Waals surface area contributed by atoms with E-state index in [1.54, 1.807) is 0 Å². The van der Waals surface area contributed by atoms with Crippen molar-refractivity contribution in [1.82, 2.24) is 10.2 Å². The van der Waals surface area contributed by atoms with Gasteiger partial charge in [-0.1, -0.05) is 24.3 Å². The topological polar surface area (TPSA) is 71.0 Å². The Hall–Kier alpha value is -2.11. The molecule has 6 heteroatoms. The Bertz CT molecular complexity index is 545. The van der Waals surface area contributed by atoms with Crippen LogP contribution in [0.5, 0.6) is 0 Å². The summed E-state index contributed by atoms with van der Waals surface area (Å²) >= 11 is 0. The molecule has 1 aliphatic carbocycles. The minimum absolute atomic E-state index is 0.0206. The van der Waals surface area contributed by atoms with Crippen molar-refractivity contribution in [1.29, 1.82) is 0 Å². The fourth-order valence-electron chi connectivity index (χ4n) is 3.23. The fourth-order valence-corrected chi connectivity index (χ4v) is 3.23. The molecule has 2 atom stereocenters. The maximum atomic E-state index is 11.8. The Labute approximate surface area is 129 Å². The van der Waals surface area contributed by atoms with Crippen molar-refractivity contribution < 1.29 is 14.3 Å². The molecule has 1 fully saturated rings. The Kier molecular flexibility index (Phi) is 4.27. The first-order valence-corrected chi connectivity index (χ1v) is 7.84. The number of piperidine rings is 1. The zero-order chi connectivity index (χ0) is 15.5. The van der Waals surface area contributed by atoms with Gasteiger partial charge in [0.15, 0.2) is 0 Å². The van der Waals surface area contributed by atoms with Gasteiger partial charge in [0.1, 0.15) is 5.84 Å². The van der Waals surface area contributed by atoms with Crippen LogP contribution < -0.4 is 5.32 Å². The van der Waals surface area contributed by atoms with Gasteiger partial charge in [0.25, 0.3) is 0 Å². The van der Waals surface area contributed by atoms with E-state index >= 15 is 0 Å². The third kappa shape index (κ3) is 2.91. The van der Waals surface area contributed by atoms with Gasteiger partial charge in [-0.25, -0.2) is 4.79 Å². The summed E-state index contributed by atoms with van der Waals surface area (Å²) < 4.78 is 5.09. The number of rotatable bonds is 2. The molecule has 0 aromatic carbocycles. The van der Waals surface area contributed by atoms with Crippen molar-refractivity contribution in [3.05, 3.63) is 24.3 Å². The number of nitrogens with one attached hydrogen (secondary N) is 1. The van der Waals surface area contributed by atoms with E-state index in [9.17, 15) is 9.59 Å². The molecule has 2 unspecified atom stereocenters. The molecule has 1 N–H and O–H groups in total. The van der Waals surface area contributed by atoms with E-state index < -0.39 is 0 Å². The Morgan fingerprint density at radius 1 is 1.36 bits per heavy atom. The molecule has 118 valence electrons. The quantitative estimate of drug-likeness (QED) is 0.785. The number of likely N-dealkylation sites (tertiary alicyclic amines) is 1. The van der Waals surface area contributed by atoms with Gasteiger partial charge in [0.2, 0.25) is 0 Å². The monoisotopic (exact) mass is 303 g/mol. The van der Waals surface area contributed by atoms with Crippen LogP contribution in [0.25, 0.3) is 0 Å². The van der Waals surface area contributed by atoms with Crippen LogP contribution in [-0.4, -0.2) is 48.5 Å². The molecule has 0 radical (unpaired) electrons. The van der Waals surface area contributed by atoms with Gasteiger partial charge < -0.3 is 15.0 Å². The maximum absolute atomic E-state index is 11.8. The van der Waals surface area contributed by atoms with Crippen LogP contribution in [0.3, 0.4) is 0 Å². The number of amidine groups is 1. The smallest absolute Gasteiger partial charge is 0.343 e. The molecular formula is C16H21N3O3. The largest absolute Gasteiger partial charge is 0.466 e. The SMILES string of the molecule is CCOC(=O)C1CCN(C2=NC(=O)NC3C=CC=CC23)CC1. The lowest BCUT2D eigenvalue weighted by atomic mass is 9.90. The van der Waals surface area contributed by atoms with Gasteiger partial charge in [-0.05, 0) is 19.8 Å². The first-order chi connectivity index (χ1) is 10.7. The second-order valence-electron chi connectivity index (χ2n) is 5.75. The first kappa shape index (κ1) is 14.8. The number of aliphatic imine (C=N–C) groups is 1. The molecule has 2 amide bonds. The molecule has 0 bridgehead atoms. The molecular weight excluding hydrogens is 282 g/mol. The van der Waals surface area contributed by atoms with Gasteiger partial charge in [0, 0.05) is 13.1 Å². The van der Waals surface area contributed by atoms with Crippen molar-refractivity contribution in [3.63, 3.8) is 0 Å². The van der Waals surface area contributed by atoms with E-state index in [4.69, 9.17) is 4.74 Å². The minimum atomic E-state index is -0.288. The molecule has 2 heterocycles. The number of nitrogens with zero attached hydrogens (tertiary/aromatic N) is 2. The van der Waals surface area contributed by atoms with E-state index in [1.807, 2.05) is 25.2 Å². The number of allylic oxidation sites excluding steroid dienone is 2. The maximum Gasteiger partial charge on any atom is 0.343 e. The summed E-state index contributed by atoms with van der Waals surface area (Å²) in [6.45, 7) is 3.71. The predicted octanol–water partition coefficient (Wildman–Crippen LogP) is 1.49. The first-order valence-electron chi connectivity index (χ1n) is 7.84. The van der Waals surface area contributed by atoms with Crippen LogP contribution in [0.1, 0.15) is 19.8 Å². The second kappa shape index (κ2) is 6.34. The molecule has 22 heavy (non-hydrogen) atoms. The van der Waals surface area contributed by atoms with E-state index in [-0.39, 0.29) is 29.9 Å². The number of fused-ring (bicyclic) bond motifs is 1. The summed E-state index contributed by atoms with van der Waals surface area (Å²) in [5.74, 6) is 0.758.